The minimum Gasteiger partial charge on any atom is -0.449 e. The Kier molecular flexibility index (Phi) is 5.05. The van der Waals surface area contributed by atoms with Gasteiger partial charge in [-0.25, -0.2) is 9.59 Å². The van der Waals surface area contributed by atoms with Crippen molar-refractivity contribution in [3.63, 3.8) is 0 Å². The van der Waals surface area contributed by atoms with Crippen LogP contribution in [0.25, 0.3) is 0 Å². The minimum absolute atomic E-state index is 0.0853. The van der Waals surface area contributed by atoms with Gasteiger partial charge in [0.2, 0.25) is 5.96 Å². The second-order valence-electron chi connectivity index (χ2n) is 2.12. The first-order chi connectivity index (χ1) is 6.54. The fourth-order valence-electron chi connectivity index (χ4n) is 0.647. The maximum atomic E-state index is 11.1. The van der Waals surface area contributed by atoms with Crippen LogP contribution in [-0.4, -0.2) is 36.3 Å². The minimum atomic E-state index is -1.02. The molecule has 80 valence electrons. The third kappa shape index (κ3) is 3.30. The van der Waals surface area contributed by atoms with Crippen molar-refractivity contribution in [1.29, 1.82) is 5.41 Å². The Labute approximate surface area is 81.3 Å². The van der Waals surface area contributed by atoms with Gasteiger partial charge in [-0.2, -0.15) is 0 Å². The second kappa shape index (κ2) is 5.79. The molecular formula is C7H13N3O4. The molecular weight excluding hydrogens is 190 g/mol. The van der Waals surface area contributed by atoms with Crippen LogP contribution < -0.4 is 5.73 Å². The summed E-state index contributed by atoms with van der Waals surface area (Å²) in [6.07, 6.45) is -2.03. The number of guanidine groups is 1. The Morgan fingerprint density at radius 2 is 1.57 bits per heavy atom. The summed E-state index contributed by atoms with van der Waals surface area (Å²) >= 11 is 0. The van der Waals surface area contributed by atoms with Gasteiger partial charge in [-0.15, -0.1) is 4.90 Å². The molecule has 2 amide bonds. The zero-order valence-electron chi connectivity index (χ0n) is 8.07. The Morgan fingerprint density at radius 3 is 1.79 bits per heavy atom. The molecule has 0 aromatic rings. The number of nitrogens with zero attached hydrogens (tertiary/aromatic N) is 1. The highest BCUT2D eigenvalue weighted by Crippen LogP contribution is 1.97. The van der Waals surface area contributed by atoms with E-state index in [0.717, 1.165) is 0 Å². The third-order valence-corrected chi connectivity index (χ3v) is 1.14. The fraction of sp³-hybridized carbons (Fsp3) is 0.571. The molecule has 3 N–H and O–H groups in total. The molecule has 0 bridgehead atoms. The number of nitrogens with two attached hydrogens (primary N) is 1. The van der Waals surface area contributed by atoms with Crippen molar-refractivity contribution in [3.05, 3.63) is 0 Å². The van der Waals surface area contributed by atoms with Crippen LogP contribution in [0.15, 0.2) is 0 Å². The SMILES string of the molecule is CCOC(=O)N(C(=N)N)C(=O)OCC. The fourth-order valence-corrected chi connectivity index (χ4v) is 0.647. The molecule has 14 heavy (non-hydrogen) atoms. The molecule has 0 radical (unpaired) electrons. The Bertz CT molecular complexity index is 223. The van der Waals surface area contributed by atoms with E-state index in [2.05, 4.69) is 9.47 Å². The summed E-state index contributed by atoms with van der Waals surface area (Å²) in [6.45, 7) is 3.31. The van der Waals surface area contributed by atoms with Crippen molar-refractivity contribution in [2.24, 2.45) is 5.73 Å². The van der Waals surface area contributed by atoms with Gasteiger partial charge in [0.05, 0.1) is 13.2 Å². The van der Waals surface area contributed by atoms with Crippen molar-refractivity contribution < 1.29 is 19.1 Å². The van der Waals surface area contributed by atoms with Crippen LogP contribution in [0, 0.1) is 5.41 Å². The Balaban J connectivity index is 4.51. The monoisotopic (exact) mass is 203 g/mol. The smallest absolute Gasteiger partial charge is 0.426 e. The van der Waals surface area contributed by atoms with Gasteiger partial charge in [-0.05, 0) is 13.8 Å². The molecule has 0 aromatic heterocycles. The predicted molar refractivity (Wildman–Crippen MR) is 47.8 cm³/mol. The predicted octanol–water partition coefficient (Wildman–Crippen LogP) is 0.495. The lowest BCUT2D eigenvalue weighted by Gasteiger charge is -2.16. The first-order valence-electron chi connectivity index (χ1n) is 4.02. The standard InChI is InChI=1S/C7H13N3O4/c1-3-13-6(11)10(5(8)9)7(12)14-4-2/h3-4H2,1-2H3,(H3,8,9). The third-order valence-electron chi connectivity index (χ3n) is 1.14. The van der Waals surface area contributed by atoms with Gasteiger partial charge in [0, 0.05) is 0 Å². The quantitative estimate of drug-likeness (QED) is 0.502. The van der Waals surface area contributed by atoms with Crippen LogP contribution >= 0.6 is 0 Å². The normalized spacial score (nSPS) is 9.00. The number of carbonyl (C=O) groups excluding carboxylic acids is 2. The van der Waals surface area contributed by atoms with Crippen molar-refractivity contribution >= 4 is 18.1 Å². The van der Waals surface area contributed by atoms with Crippen molar-refractivity contribution in [1.82, 2.24) is 4.90 Å². The van der Waals surface area contributed by atoms with Crippen LogP contribution in [0.2, 0.25) is 0 Å². The van der Waals surface area contributed by atoms with E-state index in [1.54, 1.807) is 13.8 Å². The molecule has 0 rings (SSSR count). The van der Waals surface area contributed by atoms with E-state index >= 15 is 0 Å². The molecule has 0 saturated carbocycles. The van der Waals surface area contributed by atoms with Gasteiger partial charge in [-0.1, -0.05) is 0 Å². The Hall–Kier alpha value is -1.79. The number of hydrogen-bond acceptors (Lipinski definition) is 5. The highest BCUT2D eigenvalue weighted by atomic mass is 16.6. The second-order valence-corrected chi connectivity index (χ2v) is 2.12. The van der Waals surface area contributed by atoms with Gasteiger partial charge in [0.25, 0.3) is 0 Å². The molecule has 7 nitrogen and oxygen atoms in total. The molecule has 0 fully saturated rings. The molecule has 0 aliphatic heterocycles. The van der Waals surface area contributed by atoms with Crippen molar-refractivity contribution in [2.75, 3.05) is 13.2 Å². The lowest BCUT2D eigenvalue weighted by Crippen LogP contribution is -2.46. The maximum absolute atomic E-state index is 11.1. The zero-order chi connectivity index (χ0) is 11.1. The first-order valence-corrected chi connectivity index (χ1v) is 4.02. The molecule has 0 spiro atoms. The van der Waals surface area contributed by atoms with Gasteiger partial charge in [0.15, 0.2) is 0 Å². The molecule has 0 unspecified atom stereocenters. The van der Waals surface area contributed by atoms with Gasteiger partial charge >= 0.3 is 12.2 Å². The highest BCUT2D eigenvalue weighted by Gasteiger charge is 2.26. The molecule has 7 heteroatoms. The van der Waals surface area contributed by atoms with E-state index in [-0.39, 0.29) is 13.2 Å². The summed E-state index contributed by atoms with van der Waals surface area (Å²) in [7, 11) is 0. The molecule has 0 aliphatic rings. The molecule has 0 aliphatic carbocycles. The molecule has 0 atom stereocenters. The number of rotatable bonds is 2. The lowest BCUT2D eigenvalue weighted by atomic mass is 10.7. The van der Waals surface area contributed by atoms with Crippen LogP contribution in [0.5, 0.6) is 0 Å². The van der Waals surface area contributed by atoms with Crippen molar-refractivity contribution in [3.8, 4) is 0 Å². The number of imide groups is 1. The van der Waals surface area contributed by atoms with Gasteiger partial charge < -0.3 is 15.2 Å². The van der Waals surface area contributed by atoms with Gasteiger partial charge in [0.1, 0.15) is 0 Å². The van der Waals surface area contributed by atoms with E-state index < -0.39 is 18.1 Å². The van der Waals surface area contributed by atoms with E-state index in [1.165, 1.54) is 0 Å². The van der Waals surface area contributed by atoms with E-state index in [0.29, 0.717) is 4.90 Å². The summed E-state index contributed by atoms with van der Waals surface area (Å²) in [6, 6.07) is 0. The summed E-state index contributed by atoms with van der Waals surface area (Å²) in [5.41, 5.74) is 5.01. The highest BCUT2D eigenvalue weighted by molar-refractivity contribution is 6.05. The average molecular weight is 203 g/mol. The Morgan fingerprint density at radius 1 is 1.21 bits per heavy atom. The molecule has 0 heterocycles. The number of nitrogens with one attached hydrogen (secondary N) is 1. The largest absolute Gasteiger partial charge is 0.449 e. The lowest BCUT2D eigenvalue weighted by molar-refractivity contribution is 0.101. The van der Waals surface area contributed by atoms with E-state index in [4.69, 9.17) is 11.1 Å². The summed E-state index contributed by atoms with van der Waals surface area (Å²) in [5.74, 6) is -0.734. The van der Waals surface area contributed by atoms with Crippen LogP contribution in [0.4, 0.5) is 9.59 Å². The summed E-state index contributed by atoms with van der Waals surface area (Å²) in [4.78, 5) is 22.5. The molecule has 0 aromatic carbocycles. The van der Waals surface area contributed by atoms with Crippen molar-refractivity contribution in [2.45, 2.75) is 13.8 Å². The molecule has 0 saturated heterocycles. The number of ether oxygens (including phenoxy) is 2. The van der Waals surface area contributed by atoms with E-state index in [9.17, 15) is 9.59 Å². The van der Waals surface area contributed by atoms with Crippen LogP contribution in [0.1, 0.15) is 13.8 Å². The maximum Gasteiger partial charge on any atom is 0.426 e. The number of hydrogen-bond donors (Lipinski definition) is 2. The van der Waals surface area contributed by atoms with Crippen LogP contribution in [0.3, 0.4) is 0 Å². The number of amides is 2. The topological polar surface area (TPSA) is 106 Å². The van der Waals surface area contributed by atoms with E-state index in [1.807, 2.05) is 0 Å². The van der Waals surface area contributed by atoms with Crippen LogP contribution in [-0.2, 0) is 9.47 Å². The summed E-state index contributed by atoms with van der Waals surface area (Å²) < 4.78 is 9.00. The first kappa shape index (κ1) is 12.2. The van der Waals surface area contributed by atoms with Gasteiger partial charge in [-0.3, -0.25) is 5.41 Å². The number of carbonyl (C=O) groups is 2. The zero-order valence-corrected chi connectivity index (χ0v) is 8.07. The summed E-state index contributed by atoms with van der Waals surface area (Å²) in [5, 5.41) is 6.97. The average Bonchev–Trinajstić information content (AvgIpc) is 2.04.